The second kappa shape index (κ2) is 10.0. The number of likely N-dealkylation sites (N-methyl/N-ethyl adjacent to an activating group) is 1. The number of likely N-dealkylation sites (tertiary alicyclic amines) is 1. The number of carbonyl (C=O) groups excluding carboxylic acids is 2. The highest BCUT2D eigenvalue weighted by molar-refractivity contribution is 5.90. The minimum atomic E-state index is -0.546. The Morgan fingerprint density at radius 3 is 2.50 bits per heavy atom. The van der Waals surface area contributed by atoms with Crippen LogP contribution in [0.1, 0.15) is 64.0 Å². The van der Waals surface area contributed by atoms with E-state index in [-0.39, 0.29) is 29.6 Å². The van der Waals surface area contributed by atoms with Crippen molar-refractivity contribution in [2.75, 3.05) is 52.3 Å². The molecule has 0 bridgehead atoms. The predicted octanol–water partition coefficient (Wildman–Crippen LogP) is 2.56. The minimum absolute atomic E-state index is 0.0123. The van der Waals surface area contributed by atoms with Gasteiger partial charge in [-0.05, 0) is 67.0 Å². The Bertz CT molecular complexity index is 978. The number of hydrogen-bond acceptors (Lipinski definition) is 9. The third-order valence-electron chi connectivity index (χ3n) is 7.28. The molecule has 2 atom stereocenters. The first-order chi connectivity index (χ1) is 16.9. The summed E-state index contributed by atoms with van der Waals surface area (Å²) >= 11 is 0. The summed E-state index contributed by atoms with van der Waals surface area (Å²) in [6.45, 7) is 10.4. The van der Waals surface area contributed by atoms with Crippen LogP contribution in [0.4, 0.5) is 10.6 Å². The van der Waals surface area contributed by atoms with Crippen molar-refractivity contribution in [3.8, 4) is 5.88 Å². The number of nitrogens with zero attached hydrogens (tertiary/aromatic N) is 6. The summed E-state index contributed by atoms with van der Waals surface area (Å²) in [4.78, 5) is 46.1. The Morgan fingerprint density at radius 1 is 1.19 bits per heavy atom. The van der Waals surface area contributed by atoms with Crippen LogP contribution in [-0.4, -0.2) is 108 Å². The molecule has 11 heteroatoms. The van der Waals surface area contributed by atoms with E-state index >= 15 is 0 Å². The molecule has 0 N–H and O–H groups in total. The number of rotatable bonds is 6. The van der Waals surface area contributed by atoms with Gasteiger partial charge in [-0.2, -0.15) is 4.98 Å². The Balaban J connectivity index is 1.57. The average Bonchev–Trinajstić information content (AvgIpc) is 3.43. The molecular formula is C25H40N6O5. The first-order valence-electron chi connectivity index (χ1n) is 12.8. The highest BCUT2D eigenvalue weighted by Crippen LogP contribution is 2.45. The molecule has 1 aromatic heterocycles. The van der Waals surface area contributed by atoms with Crippen LogP contribution in [-0.2, 0) is 9.57 Å². The van der Waals surface area contributed by atoms with Gasteiger partial charge in [-0.25, -0.2) is 14.8 Å². The molecule has 1 saturated carbocycles. The monoisotopic (exact) mass is 504 g/mol. The Morgan fingerprint density at radius 2 is 1.92 bits per heavy atom. The van der Waals surface area contributed by atoms with Gasteiger partial charge in [-0.1, -0.05) is 0 Å². The summed E-state index contributed by atoms with van der Waals surface area (Å²) in [5.41, 5.74) is -0.824. The number of piperazine rings is 1. The smallest absolute Gasteiger partial charge is 0.410 e. The zero-order chi connectivity index (χ0) is 26.3. The molecule has 0 unspecified atom stereocenters. The van der Waals surface area contributed by atoms with Gasteiger partial charge in [0.2, 0.25) is 11.7 Å². The maximum Gasteiger partial charge on any atom is 0.410 e. The molecule has 1 aliphatic carbocycles. The molecule has 36 heavy (non-hydrogen) atoms. The van der Waals surface area contributed by atoms with E-state index < -0.39 is 11.5 Å². The molecule has 200 valence electrons. The maximum absolute atomic E-state index is 12.9. The Kier molecular flexibility index (Phi) is 7.34. The molecule has 2 amide bonds. The fourth-order valence-corrected chi connectivity index (χ4v) is 5.10. The average molecular weight is 505 g/mol. The van der Waals surface area contributed by atoms with E-state index in [9.17, 15) is 9.59 Å². The highest BCUT2D eigenvalue weighted by Gasteiger charge is 2.54. The normalized spacial score (nSPS) is 22.5. The minimum Gasteiger partial charge on any atom is -0.473 e. The lowest BCUT2D eigenvalue weighted by Crippen LogP contribution is -2.58. The topological polar surface area (TPSA) is 101 Å². The van der Waals surface area contributed by atoms with Crippen LogP contribution in [0.5, 0.6) is 5.88 Å². The number of hydroxylamine groups is 2. The number of amides is 2. The molecule has 0 radical (unpaired) electrons. The molecule has 1 spiro atoms. The molecule has 3 fully saturated rings. The van der Waals surface area contributed by atoms with Crippen LogP contribution in [0.15, 0.2) is 6.07 Å². The summed E-state index contributed by atoms with van der Waals surface area (Å²) in [7, 11) is 5.04. The van der Waals surface area contributed by atoms with Crippen LogP contribution < -0.4 is 9.64 Å². The van der Waals surface area contributed by atoms with Crippen LogP contribution in [0, 0.1) is 0 Å². The zero-order valence-corrected chi connectivity index (χ0v) is 22.6. The van der Waals surface area contributed by atoms with Crippen molar-refractivity contribution >= 4 is 17.8 Å². The van der Waals surface area contributed by atoms with Gasteiger partial charge in [0.1, 0.15) is 17.5 Å². The van der Waals surface area contributed by atoms with Crippen molar-refractivity contribution < 1.29 is 23.9 Å². The molecule has 3 heterocycles. The van der Waals surface area contributed by atoms with E-state index in [1.807, 2.05) is 32.6 Å². The lowest BCUT2D eigenvalue weighted by atomic mass is 10.1. The first-order valence-corrected chi connectivity index (χ1v) is 12.8. The van der Waals surface area contributed by atoms with E-state index in [2.05, 4.69) is 26.8 Å². The number of carbonyl (C=O) groups is 2. The van der Waals surface area contributed by atoms with Gasteiger partial charge in [0.05, 0.1) is 12.6 Å². The maximum atomic E-state index is 12.9. The van der Waals surface area contributed by atoms with Gasteiger partial charge < -0.3 is 14.4 Å². The third kappa shape index (κ3) is 5.67. The van der Waals surface area contributed by atoms with Crippen molar-refractivity contribution in [2.24, 2.45) is 0 Å². The van der Waals surface area contributed by atoms with Crippen LogP contribution in [0.3, 0.4) is 0 Å². The van der Waals surface area contributed by atoms with Crippen LogP contribution in [0.25, 0.3) is 0 Å². The van der Waals surface area contributed by atoms with Crippen molar-refractivity contribution in [3.63, 3.8) is 0 Å². The molecular weight excluding hydrogens is 464 g/mol. The van der Waals surface area contributed by atoms with Gasteiger partial charge in [0.25, 0.3) is 0 Å². The largest absolute Gasteiger partial charge is 0.473 e. The molecule has 2 aliphatic heterocycles. The molecule has 1 aromatic rings. The van der Waals surface area contributed by atoms with Gasteiger partial charge >= 0.3 is 12.0 Å². The first kappa shape index (κ1) is 26.4. The zero-order valence-electron chi connectivity index (χ0n) is 22.6. The fraction of sp³-hybridized carbons (Fsp3) is 0.760. The van der Waals surface area contributed by atoms with E-state index in [0.717, 1.165) is 37.3 Å². The van der Waals surface area contributed by atoms with Crippen LogP contribution in [0.2, 0.25) is 0 Å². The molecule has 3 aliphatic rings. The second-order valence-corrected chi connectivity index (χ2v) is 11.2. The van der Waals surface area contributed by atoms with E-state index in [4.69, 9.17) is 14.3 Å². The molecule has 11 nitrogen and oxygen atoms in total. The van der Waals surface area contributed by atoms with Gasteiger partial charge in [0, 0.05) is 38.8 Å². The number of ether oxygens (including phenoxy) is 2. The highest BCUT2D eigenvalue weighted by atomic mass is 16.7. The van der Waals surface area contributed by atoms with Crippen molar-refractivity contribution in [1.29, 1.82) is 0 Å². The van der Waals surface area contributed by atoms with E-state index in [0.29, 0.717) is 31.3 Å². The lowest BCUT2D eigenvalue weighted by Gasteiger charge is -2.42. The molecule has 2 saturated heterocycles. The van der Waals surface area contributed by atoms with E-state index in [1.54, 1.807) is 6.07 Å². The number of anilines is 1. The lowest BCUT2D eigenvalue weighted by molar-refractivity contribution is -0.0764. The third-order valence-corrected chi connectivity index (χ3v) is 7.28. The molecule has 0 aromatic carbocycles. The predicted molar refractivity (Wildman–Crippen MR) is 134 cm³/mol. The summed E-state index contributed by atoms with van der Waals surface area (Å²) in [6, 6.07) is 2.09. The number of aromatic nitrogens is 2. The van der Waals surface area contributed by atoms with Crippen molar-refractivity contribution in [2.45, 2.75) is 76.7 Å². The standard InChI is InChI=1S/C25H40N6O5/c1-17(18-9-8-12-28(18)5)35-20-15-19(26-21(27-20)22(32)29(6)34-7)30-13-14-31(25(16-30)10-11-25)23(33)36-24(2,3)4/h15,17-18H,8-14,16H2,1-7H3/t17-,18-/m0/s1. The summed E-state index contributed by atoms with van der Waals surface area (Å²) in [5, 5.41) is 1.10. The van der Waals surface area contributed by atoms with Crippen molar-refractivity contribution in [3.05, 3.63) is 11.9 Å². The van der Waals surface area contributed by atoms with E-state index in [1.165, 1.54) is 14.2 Å². The SMILES string of the molecule is CON(C)C(=O)c1nc(O[C@@H](C)[C@@H]2CCCN2C)cc(N2CCN(C(=O)OC(C)(C)C)C3(CC3)C2)n1. The Hall–Kier alpha value is -2.66. The summed E-state index contributed by atoms with van der Waals surface area (Å²) in [6.07, 6.45) is 3.63. The summed E-state index contributed by atoms with van der Waals surface area (Å²) in [5.74, 6) is 0.525. The van der Waals surface area contributed by atoms with Crippen molar-refractivity contribution in [1.82, 2.24) is 24.8 Å². The van der Waals surface area contributed by atoms with Crippen LogP contribution >= 0.6 is 0 Å². The Labute approximate surface area is 213 Å². The van der Waals surface area contributed by atoms with Gasteiger partial charge in [0.15, 0.2) is 0 Å². The quantitative estimate of drug-likeness (QED) is 0.541. The fourth-order valence-electron chi connectivity index (χ4n) is 5.10. The number of hydrogen-bond donors (Lipinski definition) is 0. The second-order valence-electron chi connectivity index (χ2n) is 11.2. The summed E-state index contributed by atoms with van der Waals surface area (Å²) < 4.78 is 11.9. The van der Waals surface area contributed by atoms with Gasteiger partial charge in [-0.15, -0.1) is 0 Å². The van der Waals surface area contributed by atoms with Gasteiger partial charge in [-0.3, -0.25) is 19.4 Å². The molecule has 4 rings (SSSR count).